The van der Waals surface area contributed by atoms with Crippen molar-refractivity contribution in [3.05, 3.63) is 65.0 Å². The zero-order valence-electron chi connectivity index (χ0n) is 15.3. The van der Waals surface area contributed by atoms with Crippen LogP contribution in [0.15, 0.2) is 64.0 Å². The molecule has 1 atom stereocenters. The van der Waals surface area contributed by atoms with Gasteiger partial charge in [-0.2, -0.15) is 0 Å². The quantitative estimate of drug-likeness (QED) is 0.737. The second kappa shape index (κ2) is 7.86. The summed E-state index contributed by atoms with van der Waals surface area (Å²) in [6.45, 7) is 0.493. The maximum Gasteiger partial charge on any atom is 0.260 e. The molecule has 2 heterocycles. The van der Waals surface area contributed by atoms with Gasteiger partial charge >= 0.3 is 0 Å². The minimum Gasteiger partial charge on any atom is -0.484 e. The van der Waals surface area contributed by atoms with Gasteiger partial charge in [0.25, 0.3) is 5.91 Å². The highest BCUT2D eigenvalue weighted by atomic mass is 16.5. The lowest BCUT2D eigenvalue weighted by molar-refractivity contribution is -0.134. The summed E-state index contributed by atoms with van der Waals surface area (Å²) in [5.41, 5.74) is 1.59. The summed E-state index contributed by atoms with van der Waals surface area (Å²) in [5, 5.41) is 9.80. The van der Waals surface area contributed by atoms with Gasteiger partial charge in [0.2, 0.25) is 0 Å². The first-order valence-corrected chi connectivity index (χ1v) is 9.31. The third kappa shape index (κ3) is 3.51. The van der Waals surface area contributed by atoms with Crippen molar-refractivity contribution in [3.63, 3.8) is 0 Å². The van der Waals surface area contributed by atoms with Crippen LogP contribution in [-0.4, -0.2) is 41.7 Å². The summed E-state index contributed by atoms with van der Waals surface area (Å²) in [7, 11) is 0. The third-order valence-corrected chi connectivity index (χ3v) is 5.10. The molecule has 1 N–H and O–H groups in total. The fourth-order valence-corrected chi connectivity index (χ4v) is 3.60. The van der Waals surface area contributed by atoms with Crippen LogP contribution in [0.3, 0.4) is 0 Å². The number of carbonyl (C=O) groups is 1. The minimum atomic E-state index is -0.155. The van der Waals surface area contributed by atoms with Crippen molar-refractivity contribution in [1.29, 1.82) is 0 Å². The molecule has 1 aliphatic rings. The molecule has 0 radical (unpaired) electrons. The molecule has 28 heavy (non-hydrogen) atoms. The lowest BCUT2D eigenvalue weighted by atomic mass is 10.1. The van der Waals surface area contributed by atoms with Gasteiger partial charge < -0.3 is 19.2 Å². The van der Waals surface area contributed by atoms with Crippen LogP contribution in [0.1, 0.15) is 12.8 Å². The van der Waals surface area contributed by atoms with E-state index in [-0.39, 0.29) is 30.6 Å². The van der Waals surface area contributed by atoms with Crippen molar-refractivity contribution in [3.8, 4) is 16.9 Å². The Morgan fingerprint density at radius 2 is 2.04 bits per heavy atom. The van der Waals surface area contributed by atoms with Crippen LogP contribution in [0.2, 0.25) is 0 Å². The van der Waals surface area contributed by atoms with Gasteiger partial charge in [-0.05, 0) is 30.5 Å². The van der Waals surface area contributed by atoms with Gasteiger partial charge in [0.1, 0.15) is 17.6 Å². The molecular formula is C22H21NO5. The van der Waals surface area contributed by atoms with Crippen molar-refractivity contribution in [2.75, 3.05) is 19.8 Å². The predicted octanol–water partition coefficient (Wildman–Crippen LogP) is 2.82. The summed E-state index contributed by atoms with van der Waals surface area (Å²) in [6, 6.07) is 14.2. The molecule has 6 heteroatoms. The third-order valence-electron chi connectivity index (χ3n) is 5.10. The van der Waals surface area contributed by atoms with Crippen molar-refractivity contribution >= 4 is 16.9 Å². The Bertz CT molecular complexity index is 1040. The van der Waals surface area contributed by atoms with Gasteiger partial charge in [0.15, 0.2) is 12.0 Å². The van der Waals surface area contributed by atoms with Crippen LogP contribution in [0.4, 0.5) is 0 Å². The average Bonchev–Trinajstić information content (AvgIpc) is 3.22. The molecule has 6 nitrogen and oxygen atoms in total. The number of hydrogen-bond acceptors (Lipinski definition) is 5. The van der Waals surface area contributed by atoms with E-state index in [1.54, 1.807) is 23.1 Å². The van der Waals surface area contributed by atoms with Crippen LogP contribution in [-0.2, 0) is 4.79 Å². The van der Waals surface area contributed by atoms with Gasteiger partial charge in [0, 0.05) is 12.6 Å². The Kier molecular flexibility index (Phi) is 5.12. The number of ether oxygens (including phenoxy) is 1. The number of fused-ring (bicyclic) bond motifs is 1. The van der Waals surface area contributed by atoms with Gasteiger partial charge in [-0.3, -0.25) is 9.59 Å². The Morgan fingerprint density at radius 3 is 2.82 bits per heavy atom. The molecule has 2 aromatic carbocycles. The molecule has 0 unspecified atom stereocenters. The molecule has 0 saturated carbocycles. The fraction of sp³-hybridized carbons (Fsp3) is 0.273. The molecule has 1 aliphatic heterocycles. The topological polar surface area (TPSA) is 80.0 Å². The molecule has 3 aromatic rings. The molecule has 0 spiro atoms. The zero-order chi connectivity index (χ0) is 19.5. The lowest BCUT2D eigenvalue weighted by Gasteiger charge is -2.22. The zero-order valence-corrected chi connectivity index (χ0v) is 15.3. The van der Waals surface area contributed by atoms with E-state index in [0.717, 1.165) is 18.4 Å². The largest absolute Gasteiger partial charge is 0.484 e. The number of likely N-dealkylation sites (tertiary alicyclic amines) is 1. The number of nitrogens with zero attached hydrogens (tertiary/aromatic N) is 1. The van der Waals surface area contributed by atoms with Crippen molar-refractivity contribution in [2.24, 2.45) is 0 Å². The first kappa shape index (κ1) is 18.3. The van der Waals surface area contributed by atoms with Crippen LogP contribution in [0.25, 0.3) is 22.1 Å². The van der Waals surface area contributed by atoms with E-state index < -0.39 is 0 Å². The molecule has 0 aliphatic carbocycles. The SMILES string of the molecule is O=C(COc1ccc2c(=O)c(-c3ccccc3)coc2c1)N1CCC[C@H]1CO. The molecule has 1 saturated heterocycles. The maximum absolute atomic E-state index is 12.8. The molecule has 1 amide bonds. The Labute approximate surface area is 162 Å². The molecule has 144 valence electrons. The highest BCUT2D eigenvalue weighted by Crippen LogP contribution is 2.23. The molecule has 1 aromatic heterocycles. The average molecular weight is 379 g/mol. The van der Waals surface area contributed by atoms with E-state index in [4.69, 9.17) is 9.15 Å². The predicted molar refractivity (Wildman–Crippen MR) is 105 cm³/mol. The van der Waals surface area contributed by atoms with E-state index in [1.165, 1.54) is 6.26 Å². The number of benzene rings is 2. The van der Waals surface area contributed by atoms with Gasteiger partial charge in [0.05, 0.1) is 23.6 Å². The summed E-state index contributed by atoms with van der Waals surface area (Å²) < 4.78 is 11.3. The number of aliphatic hydroxyl groups excluding tert-OH is 1. The Hall–Kier alpha value is -3.12. The Balaban J connectivity index is 1.52. The summed E-state index contributed by atoms with van der Waals surface area (Å²) in [6.07, 6.45) is 3.15. The van der Waals surface area contributed by atoms with E-state index in [2.05, 4.69) is 0 Å². The number of rotatable bonds is 5. The van der Waals surface area contributed by atoms with Crippen LogP contribution >= 0.6 is 0 Å². The molecular weight excluding hydrogens is 358 g/mol. The van der Waals surface area contributed by atoms with Crippen LogP contribution in [0.5, 0.6) is 5.75 Å². The highest BCUT2D eigenvalue weighted by molar-refractivity contribution is 5.83. The number of amides is 1. The van der Waals surface area contributed by atoms with E-state index >= 15 is 0 Å². The van der Waals surface area contributed by atoms with Gasteiger partial charge in [-0.25, -0.2) is 0 Å². The second-order valence-electron chi connectivity index (χ2n) is 6.86. The molecule has 0 bridgehead atoms. The fourth-order valence-electron chi connectivity index (χ4n) is 3.60. The van der Waals surface area contributed by atoms with E-state index in [0.29, 0.717) is 28.8 Å². The summed E-state index contributed by atoms with van der Waals surface area (Å²) in [4.78, 5) is 26.7. The van der Waals surface area contributed by atoms with E-state index in [9.17, 15) is 14.7 Å². The van der Waals surface area contributed by atoms with Crippen LogP contribution < -0.4 is 10.2 Å². The molecule has 1 fully saturated rings. The number of aliphatic hydroxyl groups is 1. The second-order valence-corrected chi connectivity index (χ2v) is 6.86. The first-order chi connectivity index (χ1) is 13.7. The lowest BCUT2D eigenvalue weighted by Crippen LogP contribution is -2.40. The summed E-state index contributed by atoms with van der Waals surface area (Å²) in [5.74, 6) is 0.300. The van der Waals surface area contributed by atoms with Crippen molar-refractivity contribution in [2.45, 2.75) is 18.9 Å². The minimum absolute atomic E-state index is 0.0311. The Morgan fingerprint density at radius 1 is 1.21 bits per heavy atom. The van der Waals surface area contributed by atoms with Crippen LogP contribution in [0, 0.1) is 0 Å². The normalized spacial score (nSPS) is 16.5. The van der Waals surface area contributed by atoms with Crippen molar-refractivity contribution < 1.29 is 19.1 Å². The molecule has 4 rings (SSSR count). The number of hydrogen-bond donors (Lipinski definition) is 1. The van der Waals surface area contributed by atoms with Gasteiger partial charge in [-0.15, -0.1) is 0 Å². The van der Waals surface area contributed by atoms with Gasteiger partial charge in [-0.1, -0.05) is 30.3 Å². The standard InChI is InChI=1S/C22H21NO5/c24-12-16-7-4-10-23(16)21(25)14-27-17-8-9-18-20(11-17)28-13-19(22(18)26)15-5-2-1-3-6-15/h1-3,5-6,8-9,11,13,16,24H,4,7,10,12,14H2/t16-/m0/s1. The summed E-state index contributed by atoms with van der Waals surface area (Å²) >= 11 is 0. The maximum atomic E-state index is 12.8. The number of carbonyl (C=O) groups excluding carboxylic acids is 1. The highest BCUT2D eigenvalue weighted by Gasteiger charge is 2.28. The monoisotopic (exact) mass is 379 g/mol. The van der Waals surface area contributed by atoms with E-state index in [1.807, 2.05) is 30.3 Å². The first-order valence-electron chi connectivity index (χ1n) is 9.31. The van der Waals surface area contributed by atoms with Crippen molar-refractivity contribution in [1.82, 2.24) is 4.90 Å². The smallest absolute Gasteiger partial charge is 0.260 e.